The van der Waals surface area contributed by atoms with Crippen molar-refractivity contribution in [3.05, 3.63) is 40.2 Å². The van der Waals surface area contributed by atoms with E-state index >= 15 is 0 Å². The third-order valence-electron chi connectivity index (χ3n) is 5.07. The van der Waals surface area contributed by atoms with Crippen molar-refractivity contribution in [2.45, 2.75) is 36.3 Å². The second-order valence-electron chi connectivity index (χ2n) is 6.60. The number of nitrogens with one attached hydrogen (secondary N) is 1. The van der Waals surface area contributed by atoms with Gasteiger partial charge in [0.15, 0.2) is 4.90 Å². The summed E-state index contributed by atoms with van der Waals surface area (Å²) in [5.74, 6) is 0.762. The van der Waals surface area contributed by atoms with E-state index in [1.54, 1.807) is 24.5 Å². The number of β-amino-alcohol motifs (C(OH)–C–C–N with tert-alkyl or cyclic N) is 1. The van der Waals surface area contributed by atoms with Crippen molar-refractivity contribution in [2.75, 3.05) is 12.8 Å². The fourth-order valence-electron chi connectivity index (χ4n) is 3.45. The zero-order chi connectivity index (χ0) is 17.7. The standard InChI is InChI=1S/C17H20N4O3S/c1-25(24)10-5-6-11-12(7-10)19-16(20-17(11)23)14-13(22)8-21(15(14)18)9-3-2-4-9/h5-7,9,13,22H,2-4,8,18H2,1H3,(H,19,20,23). The molecule has 7 nitrogen and oxygen atoms in total. The highest BCUT2D eigenvalue weighted by molar-refractivity contribution is 7.90. The van der Waals surface area contributed by atoms with Crippen LogP contribution in [-0.2, 0) is 11.2 Å². The molecule has 1 aliphatic carbocycles. The molecule has 25 heavy (non-hydrogen) atoms. The number of aliphatic hydroxyl groups excluding tert-OH is 1. The lowest BCUT2D eigenvalue weighted by molar-refractivity contribution is 0.131. The Morgan fingerprint density at radius 2 is 2.20 bits per heavy atom. The Morgan fingerprint density at radius 3 is 2.84 bits per heavy atom. The Balaban J connectivity index is 1.82. The van der Waals surface area contributed by atoms with Crippen molar-refractivity contribution in [3.63, 3.8) is 0 Å². The molecule has 2 heterocycles. The van der Waals surface area contributed by atoms with E-state index in [2.05, 4.69) is 9.97 Å². The molecule has 2 unspecified atom stereocenters. The maximum atomic E-state index is 12.4. The van der Waals surface area contributed by atoms with Gasteiger partial charge < -0.3 is 25.3 Å². The summed E-state index contributed by atoms with van der Waals surface area (Å²) < 4.78 is 11.7. The van der Waals surface area contributed by atoms with Crippen molar-refractivity contribution in [1.82, 2.24) is 14.9 Å². The molecule has 1 fully saturated rings. The molecule has 1 aromatic carbocycles. The minimum atomic E-state index is -1.17. The summed E-state index contributed by atoms with van der Waals surface area (Å²) in [5, 5.41) is 10.9. The minimum absolute atomic E-state index is 0.281. The molecule has 0 amide bonds. The molecule has 0 saturated heterocycles. The number of aliphatic hydroxyl groups is 1. The number of nitrogens with two attached hydrogens (primary N) is 1. The lowest BCUT2D eigenvalue weighted by Crippen LogP contribution is -2.41. The zero-order valence-corrected chi connectivity index (χ0v) is 14.7. The van der Waals surface area contributed by atoms with E-state index < -0.39 is 17.3 Å². The van der Waals surface area contributed by atoms with Crippen LogP contribution in [0, 0.1) is 0 Å². The zero-order valence-electron chi connectivity index (χ0n) is 13.9. The first-order valence-electron chi connectivity index (χ1n) is 8.28. The average molecular weight is 360 g/mol. The lowest BCUT2D eigenvalue weighted by Gasteiger charge is -2.36. The highest BCUT2D eigenvalue weighted by Gasteiger charge is 2.37. The number of hydrogen-bond acceptors (Lipinski definition) is 6. The van der Waals surface area contributed by atoms with Crippen LogP contribution in [0.15, 0.2) is 33.7 Å². The average Bonchev–Trinajstić information content (AvgIpc) is 2.79. The van der Waals surface area contributed by atoms with Gasteiger partial charge in [-0.2, -0.15) is 0 Å². The van der Waals surface area contributed by atoms with E-state index in [1.165, 1.54) is 6.42 Å². The summed E-state index contributed by atoms with van der Waals surface area (Å²) in [6.07, 6.45) is 4.08. The molecule has 1 aromatic heterocycles. The Morgan fingerprint density at radius 1 is 1.44 bits per heavy atom. The Labute approximate surface area is 147 Å². The molecule has 0 bridgehead atoms. The van der Waals surface area contributed by atoms with Gasteiger partial charge in [-0.1, -0.05) is 0 Å². The molecule has 4 rings (SSSR count). The SMILES string of the molecule is C[S+]([O-])c1ccc2c(=O)[nH]c(C3=C(N)N(C4CCC4)CC3O)nc2c1. The molecule has 0 spiro atoms. The highest BCUT2D eigenvalue weighted by atomic mass is 32.2. The second kappa shape index (κ2) is 6.05. The minimum Gasteiger partial charge on any atom is -0.612 e. The fourth-order valence-corrected chi connectivity index (χ4v) is 3.99. The first kappa shape index (κ1) is 16.4. The van der Waals surface area contributed by atoms with Gasteiger partial charge in [0.1, 0.15) is 24.0 Å². The molecule has 8 heteroatoms. The molecule has 4 N–H and O–H groups in total. The number of H-pyrrole nitrogens is 1. The third kappa shape index (κ3) is 2.70. The van der Waals surface area contributed by atoms with E-state index in [1.807, 2.05) is 4.90 Å². The van der Waals surface area contributed by atoms with E-state index in [0.29, 0.717) is 39.8 Å². The van der Waals surface area contributed by atoms with Gasteiger partial charge >= 0.3 is 0 Å². The number of nitrogens with zero attached hydrogens (tertiary/aromatic N) is 2. The van der Waals surface area contributed by atoms with Crippen LogP contribution in [0.5, 0.6) is 0 Å². The molecule has 1 saturated carbocycles. The van der Waals surface area contributed by atoms with E-state index in [4.69, 9.17) is 5.73 Å². The monoisotopic (exact) mass is 360 g/mol. The maximum absolute atomic E-state index is 12.4. The summed E-state index contributed by atoms with van der Waals surface area (Å²) in [5.41, 5.74) is 6.87. The van der Waals surface area contributed by atoms with Crippen molar-refractivity contribution in [3.8, 4) is 0 Å². The Kier molecular flexibility index (Phi) is 3.98. The van der Waals surface area contributed by atoms with Crippen molar-refractivity contribution in [1.29, 1.82) is 0 Å². The summed E-state index contributed by atoms with van der Waals surface area (Å²) >= 11 is -1.17. The predicted octanol–water partition coefficient (Wildman–Crippen LogP) is 0.517. The van der Waals surface area contributed by atoms with Gasteiger partial charge in [0.05, 0.1) is 23.0 Å². The van der Waals surface area contributed by atoms with E-state index in [9.17, 15) is 14.5 Å². The van der Waals surface area contributed by atoms with Gasteiger partial charge in [0.2, 0.25) is 0 Å². The highest BCUT2D eigenvalue weighted by Crippen LogP contribution is 2.34. The summed E-state index contributed by atoms with van der Waals surface area (Å²) in [4.78, 5) is 22.2. The first-order valence-corrected chi connectivity index (χ1v) is 9.83. The Hall–Kier alpha value is -2.03. The summed E-state index contributed by atoms with van der Waals surface area (Å²) in [6.45, 7) is 0.423. The molecule has 0 radical (unpaired) electrons. The molecule has 1 aliphatic heterocycles. The van der Waals surface area contributed by atoms with E-state index in [-0.39, 0.29) is 11.4 Å². The van der Waals surface area contributed by atoms with Crippen LogP contribution in [0.3, 0.4) is 0 Å². The molecule has 132 valence electrons. The Bertz CT molecular complexity index is 920. The number of fused-ring (bicyclic) bond motifs is 1. The van der Waals surface area contributed by atoms with Gasteiger partial charge in [0.25, 0.3) is 5.56 Å². The van der Waals surface area contributed by atoms with Crippen LogP contribution < -0.4 is 11.3 Å². The first-order chi connectivity index (χ1) is 12.0. The molecular formula is C17H20N4O3S. The molecule has 2 aliphatic rings. The third-order valence-corrected chi connectivity index (χ3v) is 5.99. The summed E-state index contributed by atoms with van der Waals surface area (Å²) in [6, 6.07) is 5.27. The van der Waals surface area contributed by atoms with Crippen LogP contribution >= 0.6 is 0 Å². The van der Waals surface area contributed by atoms with Crippen molar-refractivity contribution < 1.29 is 9.66 Å². The second-order valence-corrected chi connectivity index (χ2v) is 7.98. The molecule has 2 aromatic rings. The lowest BCUT2D eigenvalue weighted by atomic mass is 9.92. The van der Waals surface area contributed by atoms with Crippen LogP contribution in [0.1, 0.15) is 25.1 Å². The number of hydrogen-bond donors (Lipinski definition) is 3. The van der Waals surface area contributed by atoms with Gasteiger partial charge in [0, 0.05) is 12.1 Å². The van der Waals surface area contributed by atoms with Crippen LogP contribution in [-0.4, -0.2) is 49.5 Å². The van der Waals surface area contributed by atoms with Gasteiger partial charge in [-0.3, -0.25) is 4.79 Å². The number of benzene rings is 1. The smallest absolute Gasteiger partial charge is 0.259 e. The van der Waals surface area contributed by atoms with Crippen molar-refractivity contribution >= 4 is 27.7 Å². The maximum Gasteiger partial charge on any atom is 0.259 e. The summed E-state index contributed by atoms with van der Waals surface area (Å²) in [7, 11) is 0. The largest absolute Gasteiger partial charge is 0.612 e. The predicted molar refractivity (Wildman–Crippen MR) is 96.2 cm³/mol. The van der Waals surface area contributed by atoms with Crippen LogP contribution in [0.25, 0.3) is 16.5 Å². The van der Waals surface area contributed by atoms with Crippen LogP contribution in [0.4, 0.5) is 0 Å². The van der Waals surface area contributed by atoms with Gasteiger partial charge in [-0.05, 0) is 42.6 Å². The fraction of sp³-hybridized carbons (Fsp3) is 0.412. The number of aromatic nitrogens is 2. The quantitative estimate of drug-likeness (QED) is 0.687. The van der Waals surface area contributed by atoms with Gasteiger partial charge in [-0.15, -0.1) is 0 Å². The normalized spacial score (nSPS) is 22.5. The van der Waals surface area contributed by atoms with E-state index in [0.717, 1.165) is 12.8 Å². The molecular weight excluding hydrogens is 340 g/mol. The number of rotatable bonds is 3. The number of aromatic amines is 1. The van der Waals surface area contributed by atoms with Crippen LogP contribution in [0.2, 0.25) is 0 Å². The van der Waals surface area contributed by atoms with Crippen molar-refractivity contribution in [2.24, 2.45) is 5.73 Å². The molecule has 2 atom stereocenters. The topological polar surface area (TPSA) is 118 Å². The van der Waals surface area contributed by atoms with Gasteiger partial charge in [-0.25, -0.2) is 4.98 Å².